The minimum Gasteiger partial charge on any atom is -0.300 e. The number of carbonyl (C=O) groups excluding carboxylic acids is 1. The molecule has 1 unspecified atom stereocenters. The third-order valence-corrected chi connectivity index (χ3v) is 4.28. The van der Waals surface area contributed by atoms with E-state index in [1.807, 2.05) is 0 Å². The first-order valence-corrected chi connectivity index (χ1v) is 7.48. The first-order valence-electron chi connectivity index (χ1n) is 7.48. The van der Waals surface area contributed by atoms with Gasteiger partial charge < -0.3 is 4.90 Å². The summed E-state index contributed by atoms with van der Waals surface area (Å²) < 4.78 is 36.9. The van der Waals surface area contributed by atoms with Crippen molar-refractivity contribution in [1.82, 2.24) is 9.80 Å². The lowest BCUT2D eigenvalue weighted by atomic mass is 9.98. The summed E-state index contributed by atoms with van der Waals surface area (Å²) in [7, 11) is 0. The van der Waals surface area contributed by atoms with Crippen LogP contribution in [0.4, 0.5) is 13.2 Å². The number of rotatable bonds is 3. The SMILES string of the molecule is O=C1CCCCCC1CN1CCN(CC(F)(F)F)CC1. The van der Waals surface area contributed by atoms with Gasteiger partial charge in [0.15, 0.2) is 0 Å². The van der Waals surface area contributed by atoms with Crippen LogP contribution in [0.15, 0.2) is 0 Å². The maximum Gasteiger partial charge on any atom is 0.401 e. The van der Waals surface area contributed by atoms with E-state index in [0.29, 0.717) is 38.4 Å². The molecular formula is C14H23F3N2O. The van der Waals surface area contributed by atoms with Crippen molar-refractivity contribution in [2.24, 2.45) is 5.92 Å². The molecule has 1 heterocycles. The lowest BCUT2D eigenvalue weighted by Crippen LogP contribution is -2.50. The first-order chi connectivity index (χ1) is 9.44. The highest BCUT2D eigenvalue weighted by atomic mass is 19.4. The molecule has 1 saturated carbocycles. The molecule has 0 N–H and O–H groups in total. The molecule has 3 nitrogen and oxygen atoms in total. The van der Waals surface area contributed by atoms with Crippen LogP contribution >= 0.6 is 0 Å². The Morgan fingerprint density at radius 3 is 2.30 bits per heavy atom. The third-order valence-electron chi connectivity index (χ3n) is 4.28. The molecule has 2 aliphatic rings. The summed E-state index contributed by atoms with van der Waals surface area (Å²) in [5.41, 5.74) is 0. The Balaban J connectivity index is 1.75. The van der Waals surface area contributed by atoms with Crippen LogP contribution in [0.5, 0.6) is 0 Å². The van der Waals surface area contributed by atoms with E-state index in [4.69, 9.17) is 0 Å². The second-order valence-corrected chi connectivity index (χ2v) is 5.95. The van der Waals surface area contributed by atoms with Gasteiger partial charge in [-0.25, -0.2) is 0 Å². The smallest absolute Gasteiger partial charge is 0.300 e. The maximum absolute atomic E-state index is 12.3. The summed E-state index contributed by atoms with van der Waals surface area (Å²) in [5.74, 6) is 0.451. The molecule has 1 saturated heterocycles. The highest BCUT2D eigenvalue weighted by Crippen LogP contribution is 2.22. The summed E-state index contributed by atoms with van der Waals surface area (Å²) in [6, 6.07) is 0. The zero-order valence-corrected chi connectivity index (χ0v) is 11.8. The van der Waals surface area contributed by atoms with Gasteiger partial charge in [0.1, 0.15) is 5.78 Å². The van der Waals surface area contributed by atoms with E-state index < -0.39 is 12.7 Å². The third kappa shape index (κ3) is 5.05. The van der Waals surface area contributed by atoms with Crippen molar-refractivity contribution >= 4 is 5.78 Å². The van der Waals surface area contributed by atoms with Gasteiger partial charge in [0, 0.05) is 45.1 Å². The van der Waals surface area contributed by atoms with Gasteiger partial charge in [-0.05, 0) is 12.8 Å². The van der Waals surface area contributed by atoms with Crippen molar-refractivity contribution in [3.8, 4) is 0 Å². The number of hydrogen-bond acceptors (Lipinski definition) is 3. The predicted octanol–water partition coefficient (Wildman–Crippen LogP) is 2.32. The van der Waals surface area contributed by atoms with E-state index in [0.717, 1.165) is 32.2 Å². The highest BCUT2D eigenvalue weighted by molar-refractivity contribution is 5.81. The van der Waals surface area contributed by atoms with E-state index in [2.05, 4.69) is 4.90 Å². The molecule has 1 aliphatic heterocycles. The Kier molecular flexibility index (Phi) is 5.43. The van der Waals surface area contributed by atoms with Gasteiger partial charge in [-0.15, -0.1) is 0 Å². The number of nitrogens with zero attached hydrogens (tertiary/aromatic N) is 2. The number of carbonyl (C=O) groups is 1. The van der Waals surface area contributed by atoms with Crippen LogP contribution in [0.1, 0.15) is 32.1 Å². The number of alkyl halides is 3. The Bertz CT molecular complexity index is 325. The van der Waals surface area contributed by atoms with E-state index in [1.54, 1.807) is 0 Å². The first kappa shape index (κ1) is 15.8. The average molecular weight is 292 g/mol. The predicted molar refractivity (Wildman–Crippen MR) is 70.5 cm³/mol. The maximum atomic E-state index is 12.3. The zero-order chi connectivity index (χ0) is 14.6. The Morgan fingerprint density at radius 1 is 1.00 bits per heavy atom. The van der Waals surface area contributed by atoms with Gasteiger partial charge in [0.2, 0.25) is 0 Å². The van der Waals surface area contributed by atoms with Crippen molar-refractivity contribution in [3.63, 3.8) is 0 Å². The van der Waals surface area contributed by atoms with Crippen LogP contribution in [0, 0.1) is 5.92 Å². The molecule has 0 spiro atoms. The summed E-state index contributed by atoms with van der Waals surface area (Å²) in [5, 5.41) is 0. The van der Waals surface area contributed by atoms with Crippen molar-refractivity contribution in [1.29, 1.82) is 0 Å². The molecule has 1 atom stereocenters. The van der Waals surface area contributed by atoms with E-state index in [9.17, 15) is 18.0 Å². The lowest BCUT2D eigenvalue weighted by molar-refractivity contribution is -0.149. The lowest BCUT2D eigenvalue weighted by Gasteiger charge is -2.36. The second-order valence-electron chi connectivity index (χ2n) is 5.95. The van der Waals surface area contributed by atoms with E-state index in [-0.39, 0.29) is 5.92 Å². The van der Waals surface area contributed by atoms with Crippen molar-refractivity contribution in [2.45, 2.75) is 38.3 Å². The molecule has 1 aliphatic carbocycles. The Morgan fingerprint density at radius 2 is 1.65 bits per heavy atom. The summed E-state index contributed by atoms with van der Waals surface area (Å²) >= 11 is 0. The largest absolute Gasteiger partial charge is 0.401 e. The van der Waals surface area contributed by atoms with E-state index >= 15 is 0 Å². The number of Topliss-reactive ketones (excluding diaryl/α,β-unsaturated/α-hetero) is 1. The van der Waals surface area contributed by atoms with Crippen LogP contribution < -0.4 is 0 Å². The summed E-state index contributed by atoms with van der Waals surface area (Å²) in [4.78, 5) is 15.6. The van der Waals surface area contributed by atoms with Gasteiger partial charge in [-0.1, -0.05) is 12.8 Å². The fourth-order valence-electron chi connectivity index (χ4n) is 3.12. The van der Waals surface area contributed by atoms with Crippen LogP contribution in [-0.2, 0) is 4.79 Å². The van der Waals surface area contributed by atoms with Gasteiger partial charge in [-0.2, -0.15) is 13.2 Å². The van der Waals surface area contributed by atoms with Gasteiger partial charge in [0.25, 0.3) is 0 Å². The van der Waals surface area contributed by atoms with Gasteiger partial charge >= 0.3 is 6.18 Å². The molecule has 20 heavy (non-hydrogen) atoms. The molecule has 0 aromatic rings. The number of ketones is 1. The second kappa shape index (κ2) is 6.89. The van der Waals surface area contributed by atoms with Gasteiger partial charge in [0.05, 0.1) is 6.54 Å². The highest BCUT2D eigenvalue weighted by Gasteiger charge is 2.32. The molecule has 6 heteroatoms. The topological polar surface area (TPSA) is 23.6 Å². The Hall–Kier alpha value is -0.620. The van der Waals surface area contributed by atoms with Crippen molar-refractivity contribution < 1.29 is 18.0 Å². The molecule has 2 fully saturated rings. The monoisotopic (exact) mass is 292 g/mol. The summed E-state index contributed by atoms with van der Waals surface area (Å²) in [6.45, 7) is 2.09. The standard InChI is InChI=1S/C14H23F3N2O/c15-14(16,17)11-19-8-6-18(7-9-19)10-12-4-2-1-3-5-13(12)20/h12H,1-11H2. The number of piperazine rings is 1. The van der Waals surface area contributed by atoms with Gasteiger partial charge in [-0.3, -0.25) is 9.69 Å². The van der Waals surface area contributed by atoms with Crippen LogP contribution in [0.2, 0.25) is 0 Å². The van der Waals surface area contributed by atoms with Crippen LogP contribution in [-0.4, -0.2) is 61.0 Å². The number of hydrogen-bond donors (Lipinski definition) is 0. The molecule has 116 valence electrons. The number of halogens is 3. The fraction of sp³-hybridized carbons (Fsp3) is 0.929. The molecule has 0 bridgehead atoms. The minimum absolute atomic E-state index is 0.103. The molecule has 0 aromatic carbocycles. The molecule has 2 rings (SSSR count). The minimum atomic E-state index is -4.11. The molecule has 0 amide bonds. The summed E-state index contributed by atoms with van der Waals surface area (Å²) in [6.07, 6.45) is 0.737. The fourth-order valence-corrected chi connectivity index (χ4v) is 3.12. The molecule has 0 aromatic heterocycles. The zero-order valence-electron chi connectivity index (χ0n) is 11.8. The molecule has 0 radical (unpaired) electrons. The van der Waals surface area contributed by atoms with Crippen LogP contribution in [0.25, 0.3) is 0 Å². The van der Waals surface area contributed by atoms with Crippen molar-refractivity contribution in [2.75, 3.05) is 39.3 Å². The Labute approximate surface area is 118 Å². The van der Waals surface area contributed by atoms with E-state index in [1.165, 1.54) is 4.90 Å². The average Bonchev–Trinajstić information content (AvgIpc) is 2.56. The quantitative estimate of drug-likeness (QED) is 0.746. The molecular weight excluding hydrogens is 269 g/mol. The normalized spacial score (nSPS) is 27.6. The van der Waals surface area contributed by atoms with Crippen molar-refractivity contribution in [3.05, 3.63) is 0 Å². The van der Waals surface area contributed by atoms with Crippen LogP contribution in [0.3, 0.4) is 0 Å².